The van der Waals surface area contributed by atoms with Crippen molar-refractivity contribution in [3.8, 4) is 0 Å². The van der Waals surface area contributed by atoms with E-state index in [9.17, 15) is 9.90 Å². The van der Waals surface area contributed by atoms with Crippen LogP contribution in [0.1, 0.15) is 30.3 Å². The zero-order valence-electron chi connectivity index (χ0n) is 12.6. The first-order chi connectivity index (χ1) is 9.95. The average Bonchev–Trinajstić information content (AvgIpc) is 3.01. The predicted molar refractivity (Wildman–Crippen MR) is 86.8 cm³/mol. The molecule has 2 unspecified atom stereocenters. The minimum absolute atomic E-state index is 0.201. The molecular weight excluding hydrogens is 282 g/mol. The van der Waals surface area contributed by atoms with E-state index in [-0.39, 0.29) is 6.04 Å². The maximum Gasteiger partial charge on any atom is 0.315 e. The van der Waals surface area contributed by atoms with Crippen LogP contribution in [-0.2, 0) is 10.2 Å². The average molecular weight is 303 g/mol. The number of thiophene rings is 1. The monoisotopic (exact) mass is 303 g/mol. The van der Waals surface area contributed by atoms with Crippen molar-refractivity contribution in [2.24, 2.45) is 0 Å². The Morgan fingerprint density at radius 3 is 2.48 bits per heavy atom. The number of likely N-dealkylation sites (N-methyl/N-ethyl adjacent to an activating group) is 1. The molecular formula is C17H21NO2S. The SMILES string of the molecule is CC(c1cccs1)N(C)CC(C)(C(=O)O)c1ccccc1. The zero-order chi connectivity index (χ0) is 15.5. The smallest absolute Gasteiger partial charge is 0.315 e. The van der Waals surface area contributed by atoms with Crippen molar-refractivity contribution < 1.29 is 9.90 Å². The Bertz CT molecular complexity index is 582. The number of nitrogens with zero attached hydrogens (tertiary/aromatic N) is 1. The van der Waals surface area contributed by atoms with Crippen molar-refractivity contribution in [1.82, 2.24) is 4.90 Å². The van der Waals surface area contributed by atoms with Gasteiger partial charge in [0.1, 0.15) is 5.41 Å². The van der Waals surface area contributed by atoms with Crippen LogP contribution >= 0.6 is 11.3 Å². The maximum atomic E-state index is 11.8. The lowest BCUT2D eigenvalue weighted by molar-refractivity contribution is -0.144. The number of carboxylic acid groups (broad SMARTS) is 1. The van der Waals surface area contributed by atoms with Gasteiger partial charge in [0, 0.05) is 17.5 Å². The molecule has 1 heterocycles. The summed E-state index contributed by atoms with van der Waals surface area (Å²) in [6.07, 6.45) is 0. The number of rotatable bonds is 6. The molecule has 21 heavy (non-hydrogen) atoms. The molecule has 0 fully saturated rings. The molecule has 0 spiro atoms. The lowest BCUT2D eigenvalue weighted by atomic mass is 9.82. The summed E-state index contributed by atoms with van der Waals surface area (Å²) in [6, 6.07) is 13.8. The lowest BCUT2D eigenvalue weighted by Crippen LogP contribution is -2.43. The van der Waals surface area contributed by atoms with Crippen LogP contribution in [-0.4, -0.2) is 29.6 Å². The van der Waals surface area contributed by atoms with Crippen molar-refractivity contribution in [2.75, 3.05) is 13.6 Å². The fourth-order valence-corrected chi connectivity index (χ4v) is 3.32. The van der Waals surface area contributed by atoms with Gasteiger partial charge in [0.15, 0.2) is 0 Å². The molecule has 0 aliphatic carbocycles. The number of aliphatic carboxylic acids is 1. The van der Waals surface area contributed by atoms with Crippen LogP contribution < -0.4 is 0 Å². The summed E-state index contributed by atoms with van der Waals surface area (Å²) in [5, 5.41) is 11.8. The molecule has 0 aliphatic rings. The summed E-state index contributed by atoms with van der Waals surface area (Å²) in [4.78, 5) is 15.2. The lowest BCUT2D eigenvalue weighted by Gasteiger charge is -2.33. The van der Waals surface area contributed by atoms with Crippen LogP contribution in [0, 0.1) is 0 Å². The van der Waals surface area contributed by atoms with Crippen LogP contribution in [0.15, 0.2) is 47.8 Å². The molecule has 0 aliphatic heterocycles. The van der Waals surface area contributed by atoms with Gasteiger partial charge >= 0.3 is 5.97 Å². The van der Waals surface area contributed by atoms with Gasteiger partial charge in [-0.05, 0) is 37.9 Å². The summed E-state index contributed by atoms with van der Waals surface area (Å²) >= 11 is 1.70. The van der Waals surface area contributed by atoms with Gasteiger partial charge < -0.3 is 5.11 Å². The highest BCUT2D eigenvalue weighted by atomic mass is 32.1. The van der Waals surface area contributed by atoms with Gasteiger partial charge in [-0.2, -0.15) is 0 Å². The van der Waals surface area contributed by atoms with E-state index in [1.165, 1.54) is 4.88 Å². The van der Waals surface area contributed by atoms with Crippen molar-refractivity contribution in [2.45, 2.75) is 25.3 Å². The minimum atomic E-state index is -0.915. The molecule has 1 aromatic carbocycles. The third-order valence-electron chi connectivity index (χ3n) is 4.06. The molecule has 2 atom stereocenters. The summed E-state index contributed by atoms with van der Waals surface area (Å²) in [5.74, 6) is -0.793. The summed E-state index contributed by atoms with van der Waals surface area (Å²) in [5.41, 5.74) is -0.0793. The molecule has 2 rings (SSSR count). The van der Waals surface area contributed by atoms with Gasteiger partial charge in [-0.15, -0.1) is 11.3 Å². The first-order valence-electron chi connectivity index (χ1n) is 6.97. The van der Waals surface area contributed by atoms with Gasteiger partial charge in [-0.25, -0.2) is 0 Å². The Labute approximate surface area is 129 Å². The first-order valence-corrected chi connectivity index (χ1v) is 7.85. The third-order valence-corrected chi connectivity index (χ3v) is 5.11. The van der Waals surface area contributed by atoms with Crippen molar-refractivity contribution >= 4 is 17.3 Å². The first kappa shape index (κ1) is 15.7. The molecule has 3 nitrogen and oxygen atoms in total. The highest BCUT2D eigenvalue weighted by Gasteiger charge is 2.37. The van der Waals surface area contributed by atoms with Gasteiger partial charge in [-0.3, -0.25) is 9.69 Å². The van der Waals surface area contributed by atoms with Gasteiger partial charge in [0.05, 0.1) is 0 Å². The van der Waals surface area contributed by atoms with Crippen LogP contribution in [0.4, 0.5) is 0 Å². The summed E-state index contributed by atoms with van der Waals surface area (Å²) in [7, 11) is 1.98. The second-order valence-electron chi connectivity index (χ2n) is 5.61. The highest BCUT2D eigenvalue weighted by Crippen LogP contribution is 2.30. The predicted octanol–water partition coefficient (Wildman–Crippen LogP) is 3.78. The van der Waals surface area contributed by atoms with Crippen LogP contribution in [0.5, 0.6) is 0 Å². The zero-order valence-corrected chi connectivity index (χ0v) is 13.4. The second kappa shape index (κ2) is 6.41. The van der Waals surface area contributed by atoms with Crippen LogP contribution in [0.3, 0.4) is 0 Å². The Balaban J connectivity index is 2.23. The Hall–Kier alpha value is -1.65. The summed E-state index contributed by atoms with van der Waals surface area (Å²) in [6.45, 7) is 4.37. The normalized spacial score (nSPS) is 15.6. The molecule has 0 radical (unpaired) electrons. The Morgan fingerprint density at radius 2 is 1.95 bits per heavy atom. The molecule has 0 amide bonds. The highest BCUT2D eigenvalue weighted by molar-refractivity contribution is 7.10. The fraction of sp³-hybridized carbons (Fsp3) is 0.353. The standard InChI is InChI=1S/C17H21NO2S/c1-13(15-10-7-11-21-15)18(3)12-17(2,16(19)20)14-8-5-4-6-9-14/h4-11,13H,12H2,1-3H3,(H,19,20). The van der Waals surface area contributed by atoms with Gasteiger partial charge in [0.2, 0.25) is 0 Å². The molecule has 0 bridgehead atoms. The van der Waals surface area contributed by atoms with Crippen molar-refractivity contribution in [3.05, 3.63) is 58.3 Å². The maximum absolute atomic E-state index is 11.8. The third kappa shape index (κ3) is 3.34. The molecule has 0 saturated carbocycles. The molecule has 1 N–H and O–H groups in total. The summed E-state index contributed by atoms with van der Waals surface area (Å²) < 4.78 is 0. The van der Waals surface area contributed by atoms with E-state index in [1.54, 1.807) is 18.3 Å². The van der Waals surface area contributed by atoms with E-state index in [0.29, 0.717) is 6.54 Å². The molecule has 1 aromatic heterocycles. The van der Waals surface area contributed by atoms with Crippen LogP contribution in [0.25, 0.3) is 0 Å². The van der Waals surface area contributed by atoms with Gasteiger partial charge in [-0.1, -0.05) is 36.4 Å². The minimum Gasteiger partial charge on any atom is -0.481 e. The van der Waals surface area contributed by atoms with E-state index in [1.807, 2.05) is 48.8 Å². The largest absolute Gasteiger partial charge is 0.481 e. The van der Waals surface area contributed by atoms with Crippen LogP contribution in [0.2, 0.25) is 0 Å². The fourth-order valence-electron chi connectivity index (χ4n) is 2.47. The van der Waals surface area contributed by atoms with Gasteiger partial charge in [0.25, 0.3) is 0 Å². The Morgan fingerprint density at radius 1 is 1.29 bits per heavy atom. The number of hydrogen-bond acceptors (Lipinski definition) is 3. The number of hydrogen-bond donors (Lipinski definition) is 1. The molecule has 0 saturated heterocycles. The van der Waals surface area contributed by atoms with E-state index in [2.05, 4.69) is 17.9 Å². The molecule has 112 valence electrons. The van der Waals surface area contributed by atoms with Crippen molar-refractivity contribution in [3.63, 3.8) is 0 Å². The number of carboxylic acids is 1. The quantitative estimate of drug-likeness (QED) is 0.883. The second-order valence-corrected chi connectivity index (χ2v) is 6.59. The topological polar surface area (TPSA) is 40.5 Å². The number of carbonyl (C=O) groups is 1. The number of benzene rings is 1. The van der Waals surface area contributed by atoms with Crippen molar-refractivity contribution in [1.29, 1.82) is 0 Å². The van der Waals surface area contributed by atoms with E-state index in [4.69, 9.17) is 0 Å². The Kier molecular flexibility index (Phi) is 4.80. The van der Waals surface area contributed by atoms with E-state index >= 15 is 0 Å². The van der Waals surface area contributed by atoms with E-state index < -0.39 is 11.4 Å². The molecule has 4 heteroatoms. The molecule has 2 aromatic rings. The van der Waals surface area contributed by atoms with E-state index in [0.717, 1.165) is 5.56 Å².